The molecule has 0 aliphatic rings. The van der Waals surface area contributed by atoms with Gasteiger partial charge in [0.25, 0.3) is 15.9 Å². The summed E-state index contributed by atoms with van der Waals surface area (Å²) in [4.78, 5) is 7.41. The Morgan fingerprint density at radius 2 is 1.96 bits per heavy atom. The smallest absolute Gasteiger partial charge is 0.264 e. The molecule has 2 aromatic heterocycles. The van der Waals surface area contributed by atoms with Gasteiger partial charge in [-0.1, -0.05) is 29.7 Å². The van der Waals surface area contributed by atoms with E-state index in [0.717, 1.165) is 5.56 Å². The molecule has 0 spiro atoms. The van der Waals surface area contributed by atoms with Crippen molar-refractivity contribution in [2.24, 2.45) is 0 Å². The lowest BCUT2D eigenvalue weighted by atomic mass is 10.2. The van der Waals surface area contributed by atoms with Gasteiger partial charge in [0, 0.05) is 22.8 Å². The van der Waals surface area contributed by atoms with E-state index in [9.17, 15) is 8.42 Å². The van der Waals surface area contributed by atoms with Gasteiger partial charge in [-0.2, -0.15) is 4.98 Å². The fourth-order valence-electron chi connectivity index (χ4n) is 2.75. The number of nitrogens with zero attached hydrogens (tertiary/aromatic N) is 2. The number of anilines is 1. The zero-order chi connectivity index (χ0) is 19.1. The molecule has 26 heavy (non-hydrogen) atoms. The van der Waals surface area contributed by atoms with E-state index in [0.29, 0.717) is 39.9 Å². The van der Waals surface area contributed by atoms with Gasteiger partial charge in [-0.3, -0.25) is 4.72 Å². The number of H-pyrrole nitrogens is 1. The van der Waals surface area contributed by atoms with Crippen LogP contribution in [-0.4, -0.2) is 23.5 Å². The van der Waals surface area contributed by atoms with Crippen LogP contribution >= 0.6 is 11.6 Å². The molecule has 0 radical (unpaired) electrons. The average molecular weight is 395 g/mol. The molecular weight excluding hydrogens is 376 g/mol. The van der Waals surface area contributed by atoms with E-state index in [-0.39, 0.29) is 10.8 Å². The van der Waals surface area contributed by atoms with E-state index in [1.807, 2.05) is 6.92 Å². The molecule has 1 aromatic carbocycles. The van der Waals surface area contributed by atoms with Crippen LogP contribution in [0.25, 0.3) is 11.5 Å². The summed E-state index contributed by atoms with van der Waals surface area (Å²) >= 11 is 6.00. The van der Waals surface area contributed by atoms with Gasteiger partial charge in [-0.25, -0.2) is 8.42 Å². The van der Waals surface area contributed by atoms with Gasteiger partial charge < -0.3 is 9.51 Å². The molecule has 0 saturated heterocycles. The van der Waals surface area contributed by atoms with Crippen molar-refractivity contribution in [2.45, 2.75) is 39.0 Å². The van der Waals surface area contributed by atoms with Crippen molar-refractivity contribution in [3.63, 3.8) is 0 Å². The maximum atomic E-state index is 13.1. The van der Waals surface area contributed by atoms with Gasteiger partial charge in [0.05, 0.1) is 11.3 Å². The van der Waals surface area contributed by atoms with E-state index in [1.54, 1.807) is 39.0 Å². The molecule has 9 heteroatoms. The van der Waals surface area contributed by atoms with Crippen molar-refractivity contribution in [1.82, 2.24) is 15.1 Å². The molecule has 138 valence electrons. The number of hydrogen-bond acceptors (Lipinski definition) is 5. The van der Waals surface area contributed by atoms with E-state index < -0.39 is 10.0 Å². The van der Waals surface area contributed by atoms with E-state index in [2.05, 4.69) is 19.8 Å². The summed E-state index contributed by atoms with van der Waals surface area (Å²) in [6, 6.07) is 5.03. The Balaban J connectivity index is 2.12. The van der Waals surface area contributed by atoms with E-state index >= 15 is 0 Å². The largest absolute Gasteiger partial charge is 0.361 e. The summed E-state index contributed by atoms with van der Waals surface area (Å²) in [5.41, 5.74) is 2.68. The number of sulfonamides is 1. The number of nitrogens with one attached hydrogen (secondary N) is 2. The zero-order valence-electron chi connectivity index (χ0n) is 14.8. The van der Waals surface area contributed by atoms with Crippen LogP contribution in [0, 0.1) is 20.8 Å². The Bertz CT molecular complexity index is 1070. The summed E-state index contributed by atoms with van der Waals surface area (Å²) in [7, 11) is -3.91. The normalized spacial score (nSPS) is 11.7. The average Bonchev–Trinajstić information content (AvgIpc) is 3.14. The standard InChI is InChI=1S/C17H19ClN4O3S/c1-5-14-20-17(25-21-14)15-10(3)19-11(4)16(15)26(23,24)22-13-8-12(18)7-6-9(13)2/h6-8,19,22H,5H2,1-4H3. The van der Waals surface area contributed by atoms with Crippen molar-refractivity contribution >= 4 is 27.3 Å². The molecule has 2 N–H and O–H groups in total. The van der Waals surface area contributed by atoms with Crippen LogP contribution in [0.1, 0.15) is 29.7 Å². The molecule has 0 atom stereocenters. The molecule has 0 fully saturated rings. The lowest BCUT2D eigenvalue weighted by molar-refractivity contribution is 0.422. The first-order chi connectivity index (χ1) is 12.2. The first-order valence-corrected chi connectivity index (χ1v) is 9.90. The van der Waals surface area contributed by atoms with Gasteiger partial charge in [0.15, 0.2) is 5.82 Å². The molecule has 0 saturated carbocycles. The third-order valence-corrected chi connectivity index (χ3v) is 5.80. The van der Waals surface area contributed by atoms with Gasteiger partial charge in [0.1, 0.15) is 4.90 Å². The van der Waals surface area contributed by atoms with Crippen LogP contribution < -0.4 is 4.72 Å². The van der Waals surface area contributed by atoms with Crippen molar-refractivity contribution in [3.05, 3.63) is 46.0 Å². The molecule has 3 aromatic rings. The molecule has 2 heterocycles. The minimum atomic E-state index is -3.91. The number of aryl methyl sites for hydroxylation is 4. The fraction of sp³-hybridized carbons (Fsp3) is 0.294. The Morgan fingerprint density at radius 1 is 1.23 bits per heavy atom. The van der Waals surface area contributed by atoms with Crippen LogP contribution in [0.15, 0.2) is 27.6 Å². The van der Waals surface area contributed by atoms with Crippen LogP contribution in [0.3, 0.4) is 0 Å². The summed E-state index contributed by atoms with van der Waals surface area (Å²) in [6.45, 7) is 7.15. The third kappa shape index (κ3) is 3.34. The molecule has 3 rings (SSSR count). The van der Waals surface area contributed by atoms with Crippen molar-refractivity contribution in [3.8, 4) is 11.5 Å². The van der Waals surface area contributed by atoms with Gasteiger partial charge in [-0.05, 0) is 38.5 Å². The summed E-state index contributed by atoms with van der Waals surface area (Å²) in [5.74, 6) is 0.687. The predicted octanol–water partition coefficient (Wildman–Crippen LogP) is 4.01. The maximum absolute atomic E-state index is 13.1. The van der Waals surface area contributed by atoms with Crippen LogP contribution in [0.2, 0.25) is 5.02 Å². The first kappa shape index (κ1) is 18.5. The molecule has 0 aliphatic carbocycles. The van der Waals surface area contributed by atoms with Gasteiger partial charge in [0.2, 0.25) is 0 Å². The first-order valence-electron chi connectivity index (χ1n) is 8.04. The minimum Gasteiger partial charge on any atom is -0.361 e. The molecule has 0 amide bonds. The van der Waals surface area contributed by atoms with Crippen molar-refractivity contribution < 1.29 is 12.9 Å². The SMILES string of the molecule is CCc1noc(-c2c(C)[nH]c(C)c2S(=O)(=O)Nc2cc(Cl)ccc2C)n1. The zero-order valence-corrected chi connectivity index (χ0v) is 16.4. The van der Waals surface area contributed by atoms with E-state index in [1.165, 1.54) is 0 Å². The Morgan fingerprint density at radius 3 is 2.62 bits per heavy atom. The molecule has 0 unspecified atom stereocenters. The molecule has 0 bridgehead atoms. The highest BCUT2D eigenvalue weighted by Gasteiger charge is 2.29. The fourth-order valence-corrected chi connectivity index (χ4v) is 4.50. The molecule has 7 nitrogen and oxygen atoms in total. The number of rotatable bonds is 5. The second kappa shape index (κ2) is 6.77. The summed E-state index contributed by atoms with van der Waals surface area (Å²) in [5, 5.41) is 4.31. The Kier molecular flexibility index (Phi) is 4.81. The third-order valence-electron chi connectivity index (χ3n) is 4.03. The van der Waals surface area contributed by atoms with Gasteiger partial charge >= 0.3 is 0 Å². The molecule has 0 aliphatic heterocycles. The second-order valence-electron chi connectivity index (χ2n) is 6.01. The quantitative estimate of drug-likeness (QED) is 0.680. The number of hydrogen-bond donors (Lipinski definition) is 2. The van der Waals surface area contributed by atoms with Crippen molar-refractivity contribution in [1.29, 1.82) is 0 Å². The maximum Gasteiger partial charge on any atom is 0.264 e. The van der Waals surface area contributed by atoms with Crippen LogP contribution in [0.5, 0.6) is 0 Å². The highest BCUT2D eigenvalue weighted by atomic mass is 35.5. The number of aromatic amines is 1. The second-order valence-corrected chi connectivity index (χ2v) is 8.07. The predicted molar refractivity (Wildman–Crippen MR) is 99.9 cm³/mol. The van der Waals surface area contributed by atoms with Crippen LogP contribution in [-0.2, 0) is 16.4 Å². The lowest BCUT2D eigenvalue weighted by Gasteiger charge is -2.12. The topological polar surface area (TPSA) is 101 Å². The summed E-state index contributed by atoms with van der Waals surface area (Å²) < 4.78 is 34.1. The van der Waals surface area contributed by atoms with E-state index in [4.69, 9.17) is 16.1 Å². The Labute approximate surface area is 156 Å². The van der Waals surface area contributed by atoms with Crippen LogP contribution in [0.4, 0.5) is 5.69 Å². The Hall–Kier alpha value is -2.32. The number of aromatic nitrogens is 3. The lowest BCUT2D eigenvalue weighted by Crippen LogP contribution is -2.15. The molecular formula is C17H19ClN4O3S. The van der Waals surface area contributed by atoms with Gasteiger partial charge in [-0.15, -0.1) is 0 Å². The highest BCUT2D eigenvalue weighted by molar-refractivity contribution is 7.93. The monoisotopic (exact) mass is 394 g/mol. The number of benzene rings is 1. The highest BCUT2D eigenvalue weighted by Crippen LogP contribution is 2.34. The number of halogens is 1. The van der Waals surface area contributed by atoms with Crippen molar-refractivity contribution in [2.75, 3.05) is 4.72 Å². The minimum absolute atomic E-state index is 0.0840. The summed E-state index contributed by atoms with van der Waals surface area (Å²) in [6.07, 6.45) is 0.591.